The van der Waals surface area contributed by atoms with E-state index in [0.717, 1.165) is 13.0 Å². The predicted molar refractivity (Wildman–Crippen MR) is 47.4 cm³/mol. The monoisotopic (exact) mass is 265 g/mol. The molecule has 1 saturated heterocycles. The van der Waals surface area contributed by atoms with Crippen LogP contribution in [0.25, 0.3) is 0 Å². The number of hydrogen-bond acceptors (Lipinski definition) is 2. The highest BCUT2D eigenvalue weighted by Crippen LogP contribution is 2.36. The minimum atomic E-state index is -5.42. The first-order valence-corrected chi connectivity index (χ1v) is 5.17. The Bertz CT molecular complexity index is 219. The number of halogens is 6. The summed E-state index contributed by atoms with van der Waals surface area (Å²) in [6, 6.07) is 0. The topological polar surface area (TPSA) is 21.3 Å². The Morgan fingerprint density at radius 3 is 2.12 bits per heavy atom. The normalized spacial score (nSPS) is 23.1. The lowest BCUT2D eigenvalue weighted by Crippen LogP contribution is -2.46. The molecular weight excluding hydrogens is 252 g/mol. The second-order valence-electron chi connectivity index (χ2n) is 4.01. The van der Waals surface area contributed by atoms with Crippen LogP contribution in [-0.4, -0.2) is 38.2 Å². The molecule has 1 fully saturated rings. The summed E-state index contributed by atoms with van der Waals surface area (Å²) in [6.45, 7) is 0.595. The van der Waals surface area contributed by atoms with E-state index in [1.165, 1.54) is 0 Å². The van der Waals surface area contributed by atoms with Gasteiger partial charge in [-0.25, -0.2) is 0 Å². The Morgan fingerprint density at radius 1 is 1.12 bits per heavy atom. The molecule has 0 aromatic rings. The van der Waals surface area contributed by atoms with Crippen molar-refractivity contribution in [3.05, 3.63) is 0 Å². The van der Waals surface area contributed by atoms with Crippen molar-refractivity contribution in [1.82, 2.24) is 5.32 Å². The molecule has 8 heteroatoms. The van der Waals surface area contributed by atoms with Crippen LogP contribution in [0.15, 0.2) is 0 Å². The molecule has 1 heterocycles. The van der Waals surface area contributed by atoms with E-state index >= 15 is 0 Å². The third kappa shape index (κ3) is 4.71. The highest BCUT2D eigenvalue weighted by atomic mass is 19.4. The van der Waals surface area contributed by atoms with Crippen molar-refractivity contribution in [2.75, 3.05) is 19.7 Å². The maximum Gasteiger partial charge on any atom is 0.423 e. The Balaban J connectivity index is 2.49. The van der Waals surface area contributed by atoms with Crippen LogP contribution in [0.2, 0.25) is 0 Å². The third-order valence-electron chi connectivity index (χ3n) is 2.49. The average Bonchev–Trinajstić information content (AvgIpc) is 2.15. The van der Waals surface area contributed by atoms with E-state index < -0.39 is 25.1 Å². The molecule has 102 valence electrons. The maximum absolute atomic E-state index is 12.1. The van der Waals surface area contributed by atoms with Crippen LogP contribution in [0.3, 0.4) is 0 Å². The fourth-order valence-corrected chi connectivity index (χ4v) is 1.67. The van der Waals surface area contributed by atoms with Gasteiger partial charge in [0.15, 0.2) is 0 Å². The number of hydrogen-bond donors (Lipinski definition) is 1. The molecule has 1 unspecified atom stereocenters. The van der Waals surface area contributed by atoms with Gasteiger partial charge in [0.2, 0.25) is 6.10 Å². The molecule has 1 atom stereocenters. The Hall–Kier alpha value is -0.500. The molecule has 0 bridgehead atoms. The minimum absolute atomic E-state index is 0.295. The van der Waals surface area contributed by atoms with E-state index in [0.29, 0.717) is 13.0 Å². The van der Waals surface area contributed by atoms with E-state index in [2.05, 4.69) is 10.1 Å². The lowest BCUT2D eigenvalue weighted by molar-refractivity contribution is -0.323. The summed E-state index contributed by atoms with van der Waals surface area (Å²) >= 11 is 0. The Labute approximate surface area is 94.3 Å². The van der Waals surface area contributed by atoms with E-state index in [4.69, 9.17) is 0 Å². The molecule has 0 spiro atoms. The minimum Gasteiger partial charge on any atom is -0.361 e. The van der Waals surface area contributed by atoms with E-state index in [1.54, 1.807) is 0 Å². The zero-order valence-electron chi connectivity index (χ0n) is 8.87. The molecule has 1 rings (SSSR count). The summed E-state index contributed by atoms with van der Waals surface area (Å²) in [5.41, 5.74) is 0. The van der Waals surface area contributed by atoms with Gasteiger partial charge < -0.3 is 10.1 Å². The van der Waals surface area contributed by atoms with Gasteiger partial charge in [-0.3, -0.25) is 0 Å². The molecule has 0 aromatic carbocycles. The zero-order valence-corrected chi connectivity index (χ0v) is 8.87. The van der Waals surface area contributed by atoms with Gasteiger partial charge in [-0.15, -0.1) is 0 Å². The number of nitrogens with one attached hydrogen (secondary N) is 1. The molecule has 0 saturated carbocycles. The first-order chi connectivity index (χ1) is 7.71. The quantitative estimate of drug-likeness (QED) is 0.792. The fourth-order valence-electron chi connectivity index (χ4n) is 1.67. The molecule has 1 aliphatic rings. The van der Waals surface area contributed by atoms with E-state index in [9.17, 15) is 26.3 Å². The van der Waals surface area contributed by atoms with Crippen LogP contribution < -0.4 is 5.32 Å². The van der Waals surface area contributed by atoms with Crippen molar-refractivity contribution >= 4 is 0 Å². The summed E-state index contributed by atoms with van der Waals surface area (Å²) in [4.78, 5) is 0. The largest absolute Gasteiger partial charge is 0.423 e. The zero-order chi connectivity index (χ0) is 13.1. The van der Waals surface area contributed by atoms with Gasteiger partial charge in [0.05, 0.1) is 6.61 Å². The van der Waals surface area contributed by atoms with Gasteiger partial charge in [-0.1, -0.05) is 0 Å². The predicted octanol–water partition coefficient (Wildman–Crippen LogP) is 2.50. The molecule has 0 aliphatic carbocycles. The maximum atomic E-state index is 12.1. The van der Waals surface area contributed by atoms with Crippen LogP contribution in [0.4, 0.5) is 26.3 Å². The highest BCUT2D eigenvalue weighted by molar-refractivity contribution is 4.77. The molecular formula is C9H13F6NO. The summed E-state index contributed by atoms with van der Waals surface area (Å²) < 4.78 is 76.7. The first kappa shape index (κ1) is 14.6. The second-order valence-corrected chi connectivity index (χ2v) is 4.01. The standard InChI is InChI=1S/C9H13F6NO/c10-8(11,12)7(9(13,14)15)17-5-6-2-1-3-16-4-6/h6-7,16H,1-5H2. The Morgan fingerprint density at radius 2 is 1.71 bits per heavy atom. The number of ether oxygens (including phenoxy) is 1. The summed E-state index contributed by atoms with van der Waals surface area (Å²) in [7, 11) is 0. The average molecular weight is 265 g/mol. The van der Waals surface area contributed by atoms with Crippen molar-refractivity contribution in [3.8, 4) is 0 Å². The third-order valence-corrected chi connectivity index (χ3v) is 2.49. The van der Waals surface area contributed by atoms with Crippen molar-refractivity contribution in [3.63, 3.8) is 0 Å². The molecule has 17 heavy (non-hydrogen) atoms. The number of alkyl halides is 6. The molecule has 0 amide bonds. The van der Waals surface area contributed by atoms with E-state index in [-0.39, 0.29) is 5.92 Å². The van der Waals surface area contributed by atoms with Gasteiger partial charge in [-0.2, -0.15) is 26.3 Å². The van der Waals surface area contributed by atoms with Crippen LogP contribution in [-0.2, 0) is 4.74 Å². The smallest absolute Gasteiger partial charge is 0.361 e. The first-order valence-electron chi connectivity index (χ1n) is 5.17. The van der Waals surface area contributed by atoms with Crippen LogP contribution >= 0.6 is 0 Å². The fraction of sp³-hybridized carbons (Fsp3) is 1.00. The van der Waals surface area contributed by atoms with Crippen molar-refractivity contribution in [2.24, 2.45) is 5.92 Å². The van der Waals surface area contributed by atoms with Crippen LogP contribution in [0, 0.1) is 5.92 Å². The number of piperidine rings is 1. The molecule has 0 radical (unpaired) electrons. The SMILES string of the molecule is FC(F)(F)C(OCC1CCCNC1)C(F)(F)F. The summed E-state index contributed by atoms with van der Waals surface area (Å²) in [5.74, 6) is -0.295. The van der Waals surface area contributed by atoms with Gasteiger partial charge in [0.25, 0.3) is 0 Å². The van der Waals surface area contributed by atoms with Gasteiger partial charge >= 0.3 is 12.4 Å². The van der Waals surface area contributed by atoms with Crippen LogP contribution in [0.5, 0.6) is 0 Å². The van der Waals surface area contributed by atoms with E-state index in [1.807, 2.05) is 0 Å². The Kier molecular flexibility index (Phi) is 4.65. The van der Waals surface area contributed by atoms with Crippen molar-refractivity contribution in [2.45, 2.75) is 31.3 Å². The molecule has 0 aromatic heterocycles. The van der Waals surface area contributed by atoms with Crippen molar-refractivity contribution < 1.29 is 31.1 Å². The lowest BCUT2D eigenvalue weighted by Gasteiger charge is -2.27. The van der Waals surface area contributed by atoms with Crippen LogP contribution in [0.1, 0.15) is 12.8 Å². The number of rotatable bonds is 3. The lowest BCUT2D eigenvalue weighted by atomic mass is 10.0. The van der Waals surface area contributed by atoms with Gasteiger partial charge in [-0.05, 0) is 25.3 Å². The highest BCUT2D eigenvalue weighted by Gasteiger charge is 2.58. The molecule has 2 nitrogen and oxygen atoms in total. The summed E-state index contributed by atoms with van der Waals surface area (Å²) in [5, 5.41) is 2.89. The van der Waals surface area contributed by atoms with Gasteiger partial charge in [0, 0.05) is 6.54 Å². The van der Waals surface area contributed by atoms with Gasteiger partial charge in [0.1, 0.15) is 0 Å². The molecule has 1 aliphatic heterocycles. The summed E-state index contributed by atoms with van der Waals surface area (Å²) in [6.07, 6.45) is -13.2. The van der Waals surface area contributed by atoms with Crippen molar-refractivity contribution in [1.29, 1.82) is 0 Å². The second kappa shape index (κ2) is 5.43. The molecule has 1 N–H and O–H groups in total.